The van der Waals surface area contributed by atoms with E-state index in [1.807, 2.05) is 0 Å². The second kappa shape index (κ2) is 6.97. The monoisotopic (exact) mass is 396 g/mol. The second-order valence-electron chi connectivity index (χ2n) is 6.29. The second-order valence-corrected chi connectivity index (χ2v) is 8.23. The number of halogens is 2. The summed E-state index contributed by atoms with van der Waals surface area (Å²) in [5, 5.41) is 0. The number of rotatable bonds is 3. The molecule has 2 heterocycles. The Hall–Kier alpha value is -2.39. The average Bonchev–Trinajstić information content (AvgIpc) is 2.68. The number of ether oxygens (including phenoxy) is 2. The molecule has 0 unspecified atom stereocenters. The van der Waals surface area contributed by atoms with Crippen LogP contribution in [-0.2, 0) is 10.0 Å². The minimum atomic E-state index is -3.70. The summed E-state index contributed by atoms with van der Waals surface area (Å²) >= 11 is 0. The summed E-state index contributed by atoms with van der Waals surface area (Å²) in [4.78, 5) is 1.85. The summed E-state index contributed by atoms with van der Waals surface area (Å²) in [5.74, 6) is -0.361. The SMILES string of the molecule is O=S(=O)(c1ccc2c(c1)OCCO2)N1CCN(c2ccc(F)cc2F)CC1. The Kier molecular flexibility index (Phi) is 4.65. The number of hydrogen-bond donors (Lipinski definition) is 0. The molecule has 2 aliphatic heterocycles. The van der Waals surface area contributed by atoms with Crippen LogP contribution >= 0.6 is 0 Å². The number of piperazine rings is 1. The molecule has 0 bridgehead atoms. The van der Waals surface area contributed by atoms with Gasteiger partial charge < -0.3 is 14.4 Å². The third-order valence-corrected chi connectivity index (χ3v) is 6.54. The van der Waals surface area contributed by atoms with E-state index in [-0.39, 0.29) is 23.7 Å². The van der Waals surface area contributed by atoms with Gasteiger partial charge in [0, 0.05) is 38.3 Å². The molecule has 9 heteroatoms. The van der Waals surface area contributed by atoms with Crippen LogP contribution in [0.3, 0.4) is 0 Å². The highest BCUT2D eigenvalue weighted by atomic mass is 32.2. The Bertz CT molecular complexity index is 960. The topological polar surface area (TPSA) is 59.1 Å². The summed E-state index contributed by atoms with van der Waals surface area (Å²) in [5.41, 5.74) is 0.271. The molecular weight excluding hydrogens is 378 g/mol. The average molecular weight is 396 g/mol. The lowest BCUT2D eigenvalue weighted by molar-refractivity contribution is 0.171. The molecule has 1 fully saturated rings. The van der Waals surface area contributed by atoms with Crippen molar-refractivity contribution in [3.05, 3.63) is 48.0 Å². The van der Waals surface area contributed by atoms with Gasteiger partial charge in [0.15, 0.2) is 11.5 Å². The van der Waals surface area contributed by atoms with Gasteiger partial charge in [-0.05, 0) is 24.3 Å². The van der Waals surface area contributed by atoms with Crippen LogP contribution in [0.1, 0.15) is 0 Å². The number of anilines is 1. The van der Waals surface area contributed by atoms with Crippen LogP contribution in [0, 0.1) is 11.6 Å². The van der Waals surface area contributed by atoms with Crippen molar-refractivity contribution in [3.8, 4) is 11.5 Å². The van der Waals surface area contributed by atoms with Gasteiger partial charge >= 0.3 is 0 Å². The molecule has 0 N–H and O–H groups in total. The van der Waals surface area contributed by atoms with Crippen molar-refractivity contribution in [2.45, 2.75) is 4.90 Å². The van der Waals surface area contributed by atoms with E-state index in [1.54, 1.807) is 11.0 Å². The van der Waals surface area contributed by atoms with E-state index in [4.69, 9.17) is 9.47 Å². The smallest absolute Gasteiger partial charge is 0.243 e. The maximum atomic E-state index is 14.0. The molecular formula is C18H18F2N2O4S. The summed E-state index contributed by atoms with van der Waals surface area (Å²) < 4.78 is 65.1. The highest BCUT2D eigenvalue weighted by Gasteiger charge is 2.30. The normalized spacial score (nSPS) is 17.8. The van der Waals surface area contributed by atoms with Crippen LogP contribution in [0.15, 0.2) is 41.3 Å². The largest absolute Gasteiger partial charge is 0.486 e. The van der Waals surface area contributed by atoms with E-state index in [9.17, 15) is 17.2 Å². The van der Waals surface area contributed by atoms with Crippen molar-refractivity contribution in [2.24, 2.45) is 0 Å². The van der Waals surface area contributed by atoms with Crippen LogP contribution < -0.4 is 14.4 Å². The van der Waals surface area contributed by atoms with Gasteiger partial charge in [-0.3, -0.25) is 0 Å². The van der Waals surface area contributed by atoms with Gasteiger partial charge in [-0.25, -0.2) is 17.2 Å². The van der Waals surface area contributed by atoms with E-state index in [1.165, 1.54) is 28.6 Å². The van der Waals surface area contributed by atoms with Crippen LogP contribution in [0.5, 0.6) is 11.5 Å². The van der Waals surface area contributed by atoms with Gasteiger partial charge in [-0.2, -0.15) is 4.31 Å². The van der Waals surface area contributed by atoms with E-state index in [0.29, 0.717) is 37.8 Å². The standard InChI is InChI=1S/C18H18F2N2O4S/c19-13-1-3-16(15(20)11-13)21-5-7-22(8-6-21)27(23,24)14-2-4-17-18(12-14)26-10-9-25-17/h1-4,11-12H,5-10H2. The van der Waals surface area contributed by atoms with Gasteiger partial charge in [0.2, 0.25) is 10.0 Å². The van der Waals surface area contributed by atoms with Crippen molar-refractivity contribution < 1.29 is 26.7 Å². The number of nitrogens with zero attached hydrogens (tertiary/aromatic N) is 2. The van der Waals surface area contributed by atoms with Gasteiger partial charge in [0.05, 0.1) is 10.6 Å². The third-order valence-electron chi connectivity index (χ3n) is 4.64. The molecule has 2 aromatic rings. The zero-order valence-corrected chi connectivity index (χ0v) is 15.2. The van der Waals surface area contributed by atoms with E-state index in [0.717, 1.165) is 6.07 Å². The molecule has 0 atom stereocenters. The number of fused-ring (bicyclic) bond motifs is 1. The molecule has 2 aromatic carbocycles. The van der Waals surface area contributed by atoms with Gasteiger partial charge in [0.25, 0.3) is 0 Å². The third kappa shape index (κ3) is 3.44. The maximum absolute atomic E-state index is 14.0. The fourth-order valence-corrected chi connectivity index (χ4v) is 4.68. The predicted molar refractivity (Wildman–Crippen MR) is 94.8 cm³/mol. The Labute approximate surface area is 156 Å². The first-order valence-corrected chi connectivity index (χ1v) is 9.99. The minimum absolute atomic E-state index is 0.133. The minimum Gasteiger partial charge on any atom is -0.486 e. The molecule has 6 nitrogen and oxygen atoms in total. The lowest BCUT2D eigenvalue weighted by Gasteiger charge is -2.35. The van der Waals surface area contributed by atoms with Crippen molar-refractivity contribution in [2.75, 3.05) is 44.3 Å². The summed E-state index contributed by atoms with van der Waals surface area (Å²) in [6.45, 7) is 1.83. The first-order chi connectivity index (χ1) is 12.9. The van der Waals surface area contributed by atoms with Crippen molar-refractivity contribution >= 4 is 15.7 Å². The molecule has 1 saturated heterocycles. The first-order valence-electron chi connectivity index (χ1n) is 8.55. The van der Waals surface area contributed by atoms with Crippen LogP contribution in [0.4, 0.5) is 14.5 Å². The summed E-state index contributed by atoms with van der Waals surface area (Å²) in [7, 11) is -3.70. The van der Waals surface area contributed by atoms with Crippen molar-refractivity contribution in [1.29, 1.82) is 0 Å². The summed E-state index contributed by atoms with van der Waals surface area (Å²) in [6, 6.07) is 7.94. The predicted octanol–water partition coefficient (Wildman–Crippen LogP) is 2.25. The Balaban J connectivity index is 1.50. The lowest BCUT2D eigenvalue weighted by Crippen LogP contribution is -2.48. The number of sulfonamides is 1. The van der Waals surface area contributed by atoms with E-state index >= 15 is 0 Å². The highest BCUT2D eigenvalue weighted by molar-refractivity contribution is 7.89. The molecule has 0 amide bonds. The maximum Gasteiger partial charge on any atom is 0.243 e. The Morgan fingerprint density at radius 3 is 2.26 bits per heavy atom. The van der Waals surface area contributed by atoms with Crippen molar-refractivity contribution in [1.82, 2.24) is 4.31 Å². The fraction of sp³-hybridized carbons (Fsp3) is 0.333. The molecule has 27 heavy (non-hydrogen) atoms. The molecule has 4 rings (SSSR count). The number of benzene rings is 2. The van der Waals surface area contributed by atoms with Crippen LogP contribution in [0.2, 0.25) is 0 Å². The molecule has 144 valence electrons. The quantitative estimate of drug-likeness (QED) is 0.797. The van der Waals surface area contributed by atoms with Gasteiger partial charge in [0.1, 0.15) is 24.8 Å². The Morgan fingerprint density at radius 2 is 1.56 bits per heavy atom. The molecule has 0 radical (unpaired) electrons. The van der Waals surface area contributed by atoms with Crippen LogP contribution in [0.25, 0.3) is 0 Å². The molecule has 0 aromatic heterocycles. The van der Waals surface area contributed by atoms with Gasteiger partial charge in [-0.15, -0.1) is 0 Å². The molecule has 0 saturated carbocycles. The Morgan fingerprint density at radius 1 is 0.852 bits per heavy atom. The summed E-state index contributed by atoms with van der Waals surface area (Å²) in [6.07, 6.45) is 0. The van der Waals surface area contributed by atoms with Crippen molar-refractivity contribution in [3.63, 3.8) is 0 Å². The van der Waals surface area contributed by atoms with Crippen LogP contribution in [-0.4, -0.2) is 52.1 Å². The highest BCUT2D eigenvalue weighted by Crippen LogP contribution is 2.33. The zero-order chi connectivity index (χ0) is 19.0. The molecule has 0 spiro atoms. The van der Waals surface area contributed by atoms with E-state index < -0.39 is 21.7 Å². The van der Waals surface area contributed by atoms with E-state index in [2.05, 4.69) is 0 Å². The molecule has 0 aliphatic carbocycles. The first kappa shape index (κ1) is 18.0. The zero-order valence-electron chi connectivity index (χ0n) is 14.4. The number of hydrogen-bond acceptors (Lipinski definition) is 5. The molecule has 2 aliphatic rings. The lowest BCUT2D eigenvalue weighted by atomic mass is 10.2. The fourth-order valence-electron chi connectivity index (χ4n) is 3.24. The van der Waals surface area contributed by atoms with Gasteiger partial charge in [-0.1, -0.05) is 0 Å².